The van der Waals surface area contributed by atoms with Crippen LogP contribution in [0.4, 0.5) is 4.79 Å². The van der Waals surface area contributed by atoms with Crippen molar-refractivity contribution >= 4 is 12.1 Å². The highest BCUT2D eigenvalue weighted by molar-refractivity contribution is 5.68. The Morgan fingerprint density at radius 3 is 2.38 bits per heavy atom. The lowest BCUT2D eigenvalue weighted by Crippen LogP contribution is -2.38. The van der Waals surface area contributed by atoms with Crippen molar-refractivity contribution in [3.8, 4) is 0 Å². The molecule has 6 nitrogen and oxygen atoms in total. The summed E-state index contributed by atoms with van der Waals surface area (Å²) in [7, 11) is 0. The fourth-order valence-corrected chi connectivity index (χ4v) is 1.72. The van der Waals surface area contributed by atoms with Crippen LogP contribution in [-0.2, 0) is 14.3 Å². The van der Waals surface area contributed by atoms with Crippen molar-refractivity contribution in [2.75, 3.05) is 13.2 Å². The van der Waals surface area contributed by atoms with Crippen molar-refractivity contribution in [2.24, 2.45) is 0 Å². The molecule has 0 rings (SSSR count). The highest BCUT2D eigenvalue weighted by atomic mass is 16.6. The van der Waals surface area contributed by atoms with Crippen LogP contribution in [0.15, 0.2) is 36.0 Å². The van der Waals surface area contributed by atoms with Crippen LogP contribution in [0.2, 0.25) is 0 Å². The second kappa shape index (κ2) is 11.5. The summed E-state index contributed by atoms with van der Waals surface area (Å²) in [4.78, 5) is 22.5. The molecule has 1 atom stereocenters. The van der Waals surface area contributed by atoms with Crippen molar-refractivity contribution in [3.63, 3.8) is 0 Å². The number of ether oxygens (including phenoxy) is 2. The lowest BCUT2D eigenvalue weighted by molar-refractivity contribution is -0.138. The molecular weight excluding hydrogens is 310 g/mol. The van der Waals surface area contributed by atoms with Crippen LogP contribution in [0.25, 0.3) is 0 Å². The molecule has 0 saturated heterocycles. The molecule has 0 aliphatic heterocycles. The Morgan fingerprint density at radius 2 is 1.88 bits per heavy atom. The third-order valence-electron chi connectivity index (χ3n) is 2.68. The molecule has 136 valence electrons. The molecular formula is C18H29NO5. The number of aliphatic carboxylic acids is 1. The maximum Gasteiger partial charge on any atom is 0.407 e. The fourth-order valence-electron chi connectivity index (χ4n) is 1.72. The van der Waals surface area contributed by atoms with Crippen LogP contribution in [0.1, 0.15) is 41.0 Å². The van der Waals surface area contributed by atoms with E-state index in [1.54, 1.807) is 20.8 Å². The van der Waals surface area contributed by atoms with E-state index in [-0.39, 0.29) is 19.6 Å². The van der Waals surface area contributed by atoms with E-state index in [9.17, 15) is 9.59 Å². The number of alkyl carbamates (subject to hydrolysis) is 1. The summed E-state index contributed by atoms with van der Waals surface area (Å²) in [6.45, 7) is 9.35. The average molecular weight is 339 g/mol. The van der Waals surface area contributed by atoms with Crippen LogP contribution in [0.5, 0.6) is 0 Å². The van der Waals surface area contributed by atoms with Gasteiger partial charge in [0.15, 0.2) is 0 Å². The molecule has 0 spiro atoms. The molecule has 2 N–H and O–H groups in total. The van der Waals surface area contributed by atoms with Crippen molar-refractivity contribution in [1.82, 2.24) is 5.32 Å². The monoisotopic (exact) mass is 339 g/mol. The highest BCUT2D eigenvalue weighted by Crippen LogP contribution is 2.11. The predicted octanol–water partition coefficient (Wildman–Crippen LogP) is 3.45. The van der Waals surface area contributed by atoms with Gasteiger partial charge in [-0.3, -0.25) is 4.79 Å². The molecule has 0 fully saturated rings. The van der Waals surface area contributed by atoms with E-state index in [1.165, 1.54) is 0 Å². The van der Waals surface area contributed by atoms with E-state index < -0.39 is 23.8 Å². The zero-order valence-electron chi connectivity index (χ0n) is 15.2. The lowest BCUT2D eigenvalue weighted by atomic mass is 10.1. The Bertz CT molecular complexity index is 486. The molecule has 0 aliphatic rings. The Kier molecular flexibility index (Phi) is 10.5. The van der Waals surface area contributed by atoms with Gasteiger partial charge in [-0.05, 0) is 40.2 Å². The largest absolute Gasteiger partial charge is 0.481 e. The van der Waals surface area contributed by atoms with Gasteiger partial charge in [-0.2, -0.15) is 0 Å². The Morgan fingerprint density at radius 1 is 1.21 bits per heavy atom. The Labute approximate surface area is 144 Å². The summed E-state index contributed by atoms with van der Waals surface area (Å²) in [6, 6.07) is 0. The third-order valence-corrected chi connectivity index (χ3v) is 2.68. The number of carbonyl (C=O) groups is 2. The minimum absolute atomic E-state index is 0.0563. The first-order valence-electron chi connectivity index (χ1n) is 7.95. The molecule has 0 unspecified atom stereocenters. The summed E-state index contributed by atoms with van der Waals surface area (Å²) < 4.78 is 10.8. The van der Waals surface area contributed by atoms with E-state index in [2.05, 4.69) is 5.32 Å². The summed E-state index contributed by atoms with van der Waals surface area (Å²) in [5, 5.41) is 11.4. The number of hydrogen-bond donors (Lipinski definition) is 2. The van der Waals surface area contributed by atoms with Gasteiger partial charge >= 0.3 is 12.1 Å². The molecule has 24 heavy (non-hydrogen) atoms. The SMILES string of the molecule is C\C=C/C=C(\C=C/C)[C@@H](CNC(=O)OC(C)(C)C)OCCC(=O)O. The van der Waals surface area contributed by atoms with Crippen molar-refractivity contribution in [2.45, 2.75) is 52.7 Å². The van der Waals surface area contributed by atoms with Gasteiger partial charge < -0.3 is 19.9 Å². The number of amides is 1. The van der Waals surface area contributed by atoms with E-state index in [1.807, 2.05) is 44.2 Å². The first-order chi connectivity index (χ1) is 11.2. The molecule has 6 heteroatoms. The average Bonchev–Trinajstić information content (AvgIpc) is 2.45. The van der Waals surface area contributed by atoms with E-state index in [4.69, 9.17) is 14.6 Å². The van der Waals surface area contributed by atoms with E-state index in [0.29, 0.717) is 0 Å². The zero-order chi connectivity index (χ0) is 18.6. The number of allylic oxidation sites excluding steroid dienone is 4. The van der Waals surface area contributed by atoms with Crippen LogP contribution in [0, 0.1) is 0 Å². The van der Waals surface area contributed by atoms with Crippen molar-refractivity contribution in [3.05, 3.63) is 36.0 Å². The quantitative estimate of drug-likeness (QED) is 0.629. The van der Waals surface area contributed by atoms with Gasteiger partial charge in [0.1, 0.15) is 5.60 Å². The standard InChI is InChI=1S/C18H29NO5/c1-6-8-10-14(9-7-2)15(23-12-11-16(20)21)13-19-17(22)24-18(3,4)5/h6-10,15H,11-13H2,1-5H3,(H,19,22)(H,20,21)/b8-6-,9-7-,14-10+/t15-/m1/s1. The van der Waals surface area contributed by atoms with Gasteiger partial charge in [0, 0.05) is 0 Å². The second-order valence-electron chi connectivity index (χ2n) is 6.08. The normalized spacial score (nSPS) is 14.1. The number of hydrogen-bond acceptors (Lipinski definition) is 4. The maximum absolute atomic E-state index is 11.8. The van der Waals surface area contributed by atoms with Crippen LogP contribution < -0.4 is 5.32 Å². The number of carboxylic acid groups (broad SMARTS) is 1. The molecule has 0 aromatic carbocycles. The molecule has 0 heterocycles. The zero-order valence-corrected chi connectivity index (χ0v) is 15.2. The number of carbonyl (C=O) groups excluding carboxylic acids is 1. The van der Waals surface area contributed by atoms with Crippen molar-refractivity contribution in [1.29, 1.82) is 0 Å². The number of carboxylic acids is 1. The molecule has 0 aromatic heterocycles. The van der Waals surface area contributed by atoms with Gasteiger partial charge in [0.25, 0.3) is 0 Å². The maximum atomic E-state index is 11.8. The third kappa shape index (κ3) is 11.5. The van der Waals surface area contributed by atoms with Crippen LogP contribution in [0.3, 0.4) is 0 Å². The molecule has 0 radical (unpaired) electrons. The topological polar surface area (TPSA) is 84.9 Å². The van der Waals surface area contributed by atoms with Crippen LogP contribution >= 0.6 is 0 Å². The van der Waals surface area contributed by atoms with Crippen LogP contribution in [-0.4, -0.2) is 42.0 Å². The molecule has 0 bridgehead atoms. The van der Waals surface area contributed by atoms with Gasteiger partial charge in [0.05, 0.1) is 25.7 Å². The summed E-state index contributed by atoms with van der Waals surface area (Å²) in [5.74, 6) is -0.932. The van der Waals surface area contributed by atoms with Gasteiger partial charge in [-0.1, -0.05) is 30.4 Å². The van der Waals surface area contributed by atoms with Gasteiger partial charge in [-0.15, -0.1) is 0 Å². The van der Waals surface area contributed by atoms with Gasteiger partial charge in [-0.25, -0.2) is 4.79 Å². The number of nitrogens with one attached hydrogen (secondary N) is 1. The Hall–Kier alpha value is -2.08. The predicted molar refractivity (Wildman–Crippen MR) is 93.9 cm³/mol. The highest BCUT2D eigenvalue weighted by Gasteiger charge is 2.19. The van der Waals surface area contributed by atoms with E-state index in [0.717, 1.165) is 5.57 Å². The van der Waals surface area contributed by atoms with Gasteiger partial charge in [0.2, 0.25) is 0 Å². The minimum atomic E-state index is -0.932. The minimum Gasteiger partial charge on any atom is -0.481 e. The molecule has 0 aliphatic carbocycles. The molecule has 1 amide bonds. The fraction of sp³-hybridized carbons (Fsp3) is 0.556. The summed E-state index contributed by atoms with van der Waals surface area (Å²) >= 11 is 0. The Balaban J connectivity index is 4.96. The smallest absolute Gasteiger partial charge is 0.407 e. The molecule has 0 saturated carbocycles. The summed E-state index contributed by atoms with van der Waals surface area (Å²) in [6.07, 6.45) is 8.20. The van der Waals surface area contributed by atoms with Crippen molar-refractivity contribution < 1.29 is 24.2 Å². The lowest BCUT2D eigenvalue weighted by Gasteiger charge is -2.23. The summed E-state index contributed by atoms with van der Waals surface area (Å²) in [5.41, 5.74) is 0.244. The number of rotatable bonds is 9. The first kappa shape index (κ1) is 21.9. The second-order valence-corrected chi connectivity index (χ2v) is 6.08. The first-order valence-corrected chi connectivity index (χ1v) is 7.95. The van der Waals surface area contributed by atoms with E-state index >= 15 is 0 Å². The molecule has 0 aromatic rings.